The van der Waals surface area contributed by atoms with Gasteiger partial charge in [0.25, 0.3) is 11.8 Å². The van der Waals surface area contributed by atoms with E-state index >= 15 is 0 Å². The summed E-state index contributed by atoms with van der Waals surface area (Å²) < 4.78 is 11.1. The van der Waals surface area contributed by atoms with Gasteiger partial charge in [-0.1, -0.05) is 18.2 Å². The minimum Gasteiger partial charge on any atom is -0.464 e. The largest absolute Gasteiger partial charge is 0.464 e. The van der Waals surface area contributed by atoms with Gasteiger partial charge in [0.05, 0.1) is 36.7 Å². The molecule has 5 aliphatic rings. The van der Waals surface area contributed by atoms with Crippen molar-refractivity contribution in [2.24, 2.45) is 5.92 Å². The number of nitrogens with zero attached hydrogens (tertiary/aromatic N) is 4. The van der Waals surface area contributed by atoms with Crippen LogP contribution in [0.2, 0.25) is 0 Å². The van der Waals surface area contributed by atoms with Gasteiger partial charge in [-0.2, -0.15) is 0 Å². The average molecular weight is 500 g/mol. The SMILES string of the molecule is O=C1NC(=O)C(c2cncc3ccoc23)=C1C1=CN2CCN(C(=O)N3CCOCC3)CC3=CC=CC1C32. The highest BCUT2D eigenvalue weighted by Crippen LogP contribution is 2.44. The van der Waals surface area contributed by atoms with Crippen molar-refractivity contribution in [2.75, 3.05) is 45.9 Å². The summed E-state index contributed by atoms with van der Waals surface area (Å²) in [5.74, 6) is -0.989. The molecule has 1 aliphatic carbocycles. The number of furan rings is 1. The van der Waals surface area contributed by atoms with Crippen molar-refractivity contribution < 1.29 is 23.5 Å². The molecule has 2 aromatic rings. The monoisotopic (exact) mass is 499 g/mol. The lowest BCUT2D eigenvalue weighted by atomic mass is 9.81. The molecule has 2 fully saturated rings. The number of carbonyl (C=O) groups is 3. The molecule has 10 nitrogen and oxygen atoms in total. The maximum Gasteiger partial charge on any atom is 0.320 e. The number of amides is 4. The Morgan fingerprint density at radius 1 is 1.03 bits per heavy atom. The summed E-state index contributed by atoms with van der Waals surface area (Å²) in [6, 6.07) is 1.80. The summed E-state index contributed by atoms with van der Waals surface area (Å²) in [7, 11) is 0. The van der Waals surface area contributed by atoms with Gasteiger partial charge in [-0.25, -0.2) is 4.79 Å². The van der Waals surface area contributed by atoms with Crippen LogP contribution in [0.4, 0.5) is 4.79 Å². The van der Waals surface area contributed by atoms with Crippen LogP contribution in [0.5, 0.6) is 0 Å². The van der Waals surface area contributed by atoms with Crippen LogP contribution in [-0.4, -0.2) is 89.5 Å². The fourth-order valence-corrected chi connectivity index (χ4v) is 6.06. The number of imide groups is 1. The molecule has 7 rings (SSSR count). The normalized spacial score (nSPS) is 25.4. The Kier molecular flexibility index (Phi) is 5.03. The van der Waals surface area contributed by atoms with Crippen LogP contribution in [0.1, 0.15) is 5.56 Å². The summed E-state index contributed by atoms with van der Waals surface area (Å²) in [5.41, 5.74) is 3.58. The zero-order valence-electron chi connectivity index (χ0n) is 20.1. The van der Waals surface area contributed by atoms with E-state index in [1.807, 2.05) is 22.1 Å². The van der Waals surface area contributed by atoms with Gasteiger partial charge in [0.1, 0.15) is 5.58 Å². The number of rotatable bonds is 2. The molecule has 0 aromatic carbocycles. The molecule has 6 heterocycles. The molecule has 0 bridgehead atoms. The number of nitrogens with one attached hydrogen (secondary N) is 1. The number of ether oxygens (including phenoxy) is 1. The second-order valence-electron chi connectivity index (χ2n) is 9.78. The number of urea groups is 1. The fourth-order valence-electron chi connectivity index (χ4n) is 6.06. The molecular weight excluding hydrogens is 474 g/mol. The maximum absolute atomic E-state index is 13.2. The summed E-state index contributed by atoms with van der Waals surface area (Å²) in [5, 5.41) is 3.25. The quantitative estimate of drug-likeness (QED) is 0.627. The lowest BCUT2D eigenvalue weighted by Gasteiger charge is -2.33. The van der Waals surface area contributed by atoms with Crippen molar-refractivity contribution >= 4 is 34.4 Å². The number of morpholine rings is 1. The predicted octanol–water partition coefficient (Wildman–Crippen LogP) is 1.69. The smallest absolute Gasteiger partial charge is 0.320 e. The summed E-state index contributed by atoms with van der Waals surface area (Å²) in [4.78, 5) is 49.7. The van der Waals surface area contributed by atoms with E-state index in [0.717, 1.165) is 16.5 Å². The van der Waals surface area contributed by atoms with Crippen LogP contribution >= 0.6 is 0 Å². The van der Waals surface area contributed by atoms with Gasteiger partial charge in [-0.3, -0.25) is 19.9 Å². The number of pyridine rings is 1. The van der Waals surface area contributed by atoms with Gasteiger partial charge >= 0.3 is 6.03 Å². The van der Waals surface area contributed by atoms with Crippen LogP contribution in [0, 0.1) is 5.92 Å². The van der Waals surface area contributed by atoms with E-state index < -0.39 is 11.8 Å². The van der Waals surface area contributed by atoms with E-state index in [1.54, 1.807) is 24.7 Å². The Balaban J connectivity index is 1.26. The van der Waals surface area contributed by atoms with E-state index in [4.69, 9.17) is 9.15 Å². The Morgan fingerprint density at radius 3 is 2.73 bits per heavy atom. The molecule has 2 aromatic heterocycles. The first-order valence-corrected chi connectivity index (χ1v) is 12.5. The summed E-state index contributed by atoms with van der Waals surface area (Å²) >= 11 is 0. The fraction of sp³-hybridized carbons (Fsp3) is 0.333. The van der Waals surface area contributed by atoms with E-state index in [0.29, 0.717) is 62.7 Å². The van der Waals surface area contributed by atoms with Crippen molar-refractivity contribution in [2.45, 2.75) is 6.04 Å². The van der Waals surface area contributed by atoms with Gasteiger partial charge in [-0.05, 0) is 17.2 Å². The number of hydrogen-bond donors (Lipinski definition) is 1. The van der Waals surface area contributed by atoms with Gasteiger partial charge in [0.15, 0.2) is 0 Å². The van der Waals surface area contributed by atoms with Crippen molar-refractivity contribution in [1.29, 1.82) is 0 Å². The molecule has 4 aliphatic heterocycles. The highest BCUT2D eigenvalue weighted by atomic mass is 16.5. The topological polar surface area (TPSA) is 108 Å². The third-order valence-corrected chi connectivity index (χ3v) is 7.77. The van der Waals surface area contributed by atoms with Crippen LogP contribution in [0.15, 0.2) is 70.3 Å². The molecule has 2 saturated heterocycles. The van der Waals surface area contributed by atoms with Gasteiger partial charge in [0, 0.05) is 68.2 Å². The second kappa shape index (κ2) is 8.45. The summed E-state index contributed by atoms with van der Waals surface area (Å²) in [6.07, 6.45) is 12.9. The number of hydrogen-bond acceptors (Lipinski definition) is 7. The van der Waals surface area contributed by atoms with Gasteiger partial charge in [0.2, 0.25) is 0 Å². The van der Waals surface area contributed by atoms with Gasteiger partial charge < -0.3 is 23.9 Å². The highest BCUT2D eigenvalue weighted by Gasteiger charge is 2.46. The Morgan fingerprint density at radius 2 is 1.86 bits per heavy atom. The van der Waals surface area contributed by atoms with E-state index in [2.05, 4.69) is 27.4 Å². The average Bonchev–Trinajstić information content (AvgIpc) is 3.58. The van der Waals surface area contributed by atoms with E-state index in [9.17, 15) is 14.4 Å². The van der Waals surface area contributed by atoms with Crippen LogP contribution in [-0.2, 0) is 14.3 Å². The zero-order chi connectivity index (χ0) is 25.1. The van der Waals surface area contributed by atoms with E-state index in [1.165, 1.54) is 0 Å². The zero-order valence-corrected chi connectivity index (χ0v) is 20.1. The standard InChI is InChI=1S/C27H25N5O5/c33-25-21(19-13-28-12-16-4-9-37-24(16)19)22(26(34)29-25)20-15-31-5-6-32(27(35)30-7-10-36-11-8-30)14-17-2-1-3-18(20)23(17)31/h1-4,9,12-13,15,18,23H,5-8,10-11,14H2,(H,29,33,34). The van der Waals surface area contributed by atoms with Crippen molar-refractivity contribution in [1.82, 2.24) is 25.0 Å². The second-order valence-corrected chi connectivity index (χ2v) is 9.78. The third-order valence-electron chi connectivity index (χ3n) is 7.77. The molecule has 4 amide bonds. The molecular formula is C27H25N5O5. The number of allylic oxidation sites excluding steroid dienone is 2. The lowest BCUT2D eigenvalue weighted by Crippen LogP contribution is -2.49. The lowest BCUT2D eigenvalue weighted by molar-refractivity contribution is -0.123. The Labute approximate surface area is 212 Å². The first-order valence-electron chi connectivity index (χ1n) is 12.5. The molecule has 0 radical (unpaired) electrons. The number of carbonyl (C=O) groups excluding carboxylic acids is 3. The van der Waals surface area contributed by atoms with Crippen LogP contribution in [0.25, 0.3) is 16.5 Å². The first kappa shape index (κ1) is 22.1. The van der Waals surface area contributed by atoms with Crippen LogP contribution in [0.3, 0.4) is 0 Å². The number of fused-ring (bicyclic) bond motifs is 1. The minimum atomic E-state index is -0.452. The predicted molar refractivity (Wildman–Crippen MR) is 133 cm³/mol. The molecule has 2 atom stereocenters. The Hall–Kier alpha value is -4.18. The van der Waals surface area contributed by atoms with Crippen molar-refractivity contribution in [3.63, 3.8) is 0 Å². The number of aromatic nitrogens is 1. The molecule has 2 unspecified atom stereocenters. The first-order chi connectivity index (χ1) is 18.1. The molecule has 0 spiro atoms. The third kappa shape index (κ3) is 3.43. The molecule has 37 heavy (non-hydrogen) atoms. The molecule has 188 valence electrons. The molecule has 1 N–H and O–H groups in total. The van der Waals surface area contributed by atoms with E-state index in [-0.39, 0.29) is 23.6 Å². The molecule has 0 saturated carbocycles. The van der Waals surface area contributed by atoms with Gasteiger partial charge in [-0.15, -0.1) is 0 Å². The Bertz CT molecular complexity index is 1460. The molecule has 10 heteroatoms. The van der Waals surface area contributed by atoms with Crippen molar-refractivity contribution in [3.8, 4) is 0 Å². The summed E-state index contributed by atoms with van der Waals surface area (Å²) in [6.45, 7) is 4.04. The van der Waals surface area contributed by atoms with Crippen LogP contribution < -0.4 is 5.32 Å². The van der Waals surface area contributed by atoms with Crippen molar-refractivity contribution in [3.05, 3.63) is 71.4 Å². The minimum absolute atomic E-state index is 0.0164. The highest BCUT2D eigenvalue weighted by molar-refractivity contribution is 6.38. The maximum atomic E-state index is 13.2.